The van der Waals surface area contributed by atoms with E-state index in [1.165, 1.54) is 27.4 Å². The zero-order valence-corrected chi connectivity index (χ0v) is 31.0. The Morgan fingerprint density at radius 3 is 1.65 bits per heavy atom. The summed E-state index contributed by atoms with van der Waals surface area (Å²) < 4.78 is 8.54. The molecule has 0 unspecified atom stereocenters. The molecular weight excluding hydrogens is 695 g/mol. The van der Waals surface area contributed by atoms with Crippen LogP contribution in [0.1, 0.15) is 0 Å². The number of aromatic nitrogens is 2. The van der Waals surface area contributed by atoms with E-state index in [9.17, 15) is 0 Å². The van der Waals surface area contributed by atoms with E-state index < -0.39 is 0 Å². The monoisotopic (exact) mass is 729 g/mol. The molecule has 0 radical (unpaired) electrons. The molecule has 0 N–H and O–H groups in total. The van der Waals surface area contributed by atoms with Crippen molar-refractivity contribution in [3.8, 4) is 39.4 Å². The summed E-state index contributed by atoms with van der Waals surface area (Å²) in [5.74, 6) is 0.637. The van der Waals surface area contributed by atoms with Crippen molar-refractivity contribution in [3.05, 3.63) is 212 Å². The maximum absolute atomic E-state index is 6.17. The van der Waals surface area contributed by atoms with Gasteiger partial charge in [0.1, 0.15) is 5.52 Å². The first-order valence-corrected chi connectivity index (χ1v) is 19.3. The van der Waals surface area contributed by atoms with Crippen LogP contribution in [0.2, 0.25) is 0 Å². The highest BCUT2D eigenvalue weighted by Crippen LogP contribution is 2.41. The Morgan fingerprint density at radius 2 is 0.930 bits per heavy atom. The van der Waals surface area contributed by atoms with E-state index in [2.05, 4.69) is 185 Å². The van der Waals surface area contributed by atoms with Gasteiger partial charge in [-0.3, -0.25) is 0 Å². The first-order chi connectivity index (χ1) is 28.2. The molecule has 4 heteroatoms. The molecule has 9 aromatic carbocycles. The number of para-hydroxylation sites is 2. The van der Waals surface area contributed by atoms with Crippen molar-refractivity contribution in [1.82, 2.24) is 9.55 Å². The van der Waals surface area contributed by atoms with Gasteiger partial charge in [-0.05, 0) is 107 Å². The van der Waals surface area contributed by atoms with Crippen LogP contribution in [0.3, 0.4) is 0 Å². The molecule has 0 saturated heterocycles. The molecule has 11 aromatic rings. The highest BCUT2D eigenvalue weighted by atomic mass is 16.3. The summed E-state index contributed by atoms with van der Waals surface area (Å²) in [7, 11) is 0. The Balaban J connectivity index is 1.01. The van der Waals surface area contributed by atoms with E-state index >= 15 is 0 Å². The second-order valence-electron chi connectivity index (χ2n) is 14.4. The predicted octanol–water partition coefficient (Wildman–Crippen LogP) is 14.5. The molecule has 0 saturated carbocycles. The normalized spacial score (nSPS) is 11.5. The largest absolute Gasteiger partial charge is 0.436 e. The van der Waals surface area contributed by atoms with Crippen LogP contribution in [0.5, 0.6) is 0 Å². The van der Waals surface area contributed by atoms with E-state index in [1.54, 1.807) is 0 Å². The van der Waals surface area contributed by atoms with Gasteiger partial charge >= 0.3 is 0 Å². The van der Waals surface area contributed by atoms with Crippen molar-refractivity contribution in [2.24, 2.45) is 0 Å². The molecule has 0 fully saturated rings. The van der Waals surface area contributed by atoms with Gasteiger partial charge < -0.3 is 13.9 Å². The van der Waals surface area contributed by atoms with Crippen molar-refractivity contribution in [2.45, 2.75) is 0 Å². The molecule has 0 aliphatic rings. The summed E-state index contributed by atoms with van der Waals surface area (Å²) in [6, 6.07) is 75.3. The van der Waals surface area contributed by atoms with Gasteiger partial charge in [0.05, 0.1) is 11.0 Å². The quantitative estimate of drug-likeness (QED) is 0.164. The Morgan fingerprint density at radius 1 is 0.386 bits per heavy atom. The van der Waals surface area contributed by atoms with Gasteiger partial charge in [-0.25, -0.2) is 4.98 Å². The van der Waals surface area contributed by atoms with E-state index in [0.717, 1.165) is 66.8 Å². The number of hydrogen-bond acceptors (Lipinski definition) is 3. The van der Waals surface area contributed by atoms with E-state index in [0.29, 0.717) is 5.89 Å². The van der Waals surface area contributed by atoms with Crippen molar-refractivity contribution in [1.29, 1.82) is 0 Å². The summed E-state index contributed by atoms with van der Waals surface area (Å²) in [6.07, 6.45) is 0. The standard InChI is InChI=1S/C53H35N3O/c1-4-12-36(13-5-1)37-20-26-43(27-21-37)55(45-30-32-48-47-18-10-11-19-49(47)56(50(48)35-45)42-16-8-3-9-17-42)44-28-22-38(23-29-44)40-24-31-46-41(34-40)25-33-51-52(46)54-53(57-51)39-14-6-2-7-15-39/h1-35H. The third-order valence-corrected chi connectivity index (χ3v) is 11.0. The molecule has 0 bridgehead atoms. The smallest absolute Gasteiger partial charge is 0.227 e. The molecule has 57 heavy (non-hydrogen) atoms. The fraction of sp³-hybridized carbons (Fsp3) is 0. The third-order valence-electron chi connectivity index (χ3n) is 11.0. The minimum atomic E-state index is 0.637. The SMILES string of the molecule is c1ccc(-c2ccc(N(c3ccc(-c4ccc5c(ccc6oc(-c7ccccc7)nc65)c4)cc3)c3ccc4c5ccccc5n(-c5ccccc5)c4c3)cc2)cc1. The van der Waals surface area contributed by atoms with Gasteiger partial charge in [0.15, 0.2) is 5.58 Å². The van der Waals surface area contributed by atoms with Crippen LogP contribution in [0.15, 0.2) is 217 Å². The van der Waals surface area contributed by atoms with Crippen LogP contribution in [0.25, 0.3) is 83.1 Å². The van der Waals surface area contributed by atoms with E-state index in [1.807, 2.05) is 36.4 Å². The van der Waals surface area contributed by atoms with Crippen LogP contribution in [-0.4, -0.2) is 9.55 Å². The fourth-order valence-corrected chi connectivity index (χ4v) is 8.24. The highest BCUT2D eigenvalue weighted by molar-refractivity contribution is 6.10. The van der Waals surface area contributed by atoms with Gasteiger partial charge in [0.2, 0.25) is 5.89 Å². The maximum atomic E-state index is 6.17. The molecule has 0 amide bonds. The number of rotatable bonds is 7. The lowest BCUT2D eigenvalue weighted by Crippen LogP contribution is -2.10. The summed E-state index contributed by atoms with van der Waals surface area (Å²) in [5, 5.41) is 4.66. The lowest BCUT2D eigenvalue weighted by molar-refractivity contribution is 0.620. The van der Waals surface area contributed by atoms with Crippen LogP contribution < -0.4 is 4.90 Å². The molecule has 0 atom stereocenters. The number of oxazole rings is 1. The van der Waals surface area contributed by atoms with E-state index in [-0.39, 0.29) is 0 Å². The summed E-state index contributed by atoms with van der Waals surface area (Å²) in [6.45, 7) is 0. The lowest BCUT2D eigenvalue weighted by Gasteiger charge is -2.26. The molecule has 268 valence electrons. The lowest BCUT2D eigenvalue weighted by atomic mass is 10.00. The van der Waals surface area contributed by atoms with Gasteiger partial charge in [0.25, 0.3) is 0 Å². The molecule has 0 spiro atoms. The third kappa shape index (κ3) is 5.74. The second-order valence-corrected chi connectivity index (χ2v) is 14.4. The molecule has 2 heterocycles. The Labute approximate surface area is 330 Å². The first-order valence-electron chi connectivity index (χ1n) is 19.3. The molecule has 2 aromatic heterocycles. The van der Waals surface area contributed by atoms with Gasteiger partial charge in [0, 0.05) is 44.5 Å². The van der Waals surface area contributed by atoms with Gasteiger partial charge in [-0.15, -0.1) is 0 Å². The van der Waals surface area contributed by atoms with Crippen LogP contribution in [0, 0.1) is 0 Å². The number of benzene rings is 9. The van der Waals surface area contributed by atoms with Crippen LogP contribution >= 0.6 is 0 Å². The maximum Gasteiger partial charge on any atom is 0.227 e. The zero-order valence-electron chi connectivity index (χ0n) is 31.0. The number of fused-ring (bicyclic) bond motifs is 6. The van der Waals surface area contributed by atoms with Gasteiger partial charge in [-0.2, -0.15) is 0 Å². The highest BCUT2D eigenvalue weighted by Gasteiger charge is 2.18. The number of hydrogen-bond donors (Lipinski definition) is 0. The minimum Gasteiger partial charge on any atom is -0.436 e. The summed E-state index contributed by atoms with van der Waals surface area (Å²) in [5.41, 5.74) is 14.0. The average Bonchev–Trinajstić information content (AvgIpc) is 3.88. The first kappa shape index (κ1) is 32.7. The number of anilines is 3. The molecule has 11 rings (SSSR count). The Kier molecular flexibility index (Phi) is 7.78. The van der Waals surface area contributed by atoms with Crippen LogP contribution in [-0.2, 0) is 0 Å². The van der Waals surface area contributed by atoms with Crippen molar-refractivity contribution >= 4 is 60.7 Å². The zero-order chi connectivity index (χ0) is 37.7. The van der Waals surface area contributed by atoms with Crippen molar-refractivity contribution in [2.75, 3.05) is 4.90 Å². The fourth-order valence-electron chi connectivity index (χ4n) is 8.24. The topological polar surface area (TPSA) is 34.2 Å². The molecule has 4 nitrogen and oxygen atoms in total. The van der Waals surface area contributed by atoms with Crippen LogP contribution in [0.4, 0.5) is 17.1 Å². The van der Waals surface area contributed by atoms with E-state index in [4.69, 9.17) is 9.40 Å². The summed E-state index contributed by atoms with van der Waals surface area (Å²) in [4.78, 5) is 7.26. The molecule has 0 aliphatic heterocycles. The van der Waals surface area contributed by atoms with Gasteiger partial charge in [-0.1, -0.05) is 133 Å². The number of nitrogens with zero attached hydrogens (tertiary/aromatic N) is 3. The summed E-state index contributed by atoms with van der Waals surface area (Å²) >= 11 is 0. The average molecular weight is 730 g/mol. The minimum absolute atomic E-state index is 0.637. The predicted molar refractivity (Wildman–Crippen MR) is 237 cm³/mol. The molecular formula is C53H35N3O. The molecule has 0 aliphatic carbocycles. The van der Waals surface area contributed by atoms with Crippen molar-refractivity contribution < 1.29 is 4.42 Å². The second kappa shape index (κ2) is 13.6. The Hall–Kier alpha value is -7.69. The van der Waals surface area contributed by atoms with Crippen molar-refractivity contribution in [3.63, 3.8) is 0 Å². The Bertz CT molecular complexity index is 3200.